The minimum atomic E-state index is -3.78. The van der Waals surface area contributed by atoms with Gasteiger partial charge in [-0.3, -0.25) is 9.69 Å². The van der Waals surface area contributed by atoms with Crippen LogP contribution in [-0.4, -0.2) is 62.4 Å². The zero-order chi connectivity index (χ0) is 22.6. The molecule has 1 fully saturated rings. The van der Waals surface area contributed by atoms with Gasteiger partial charge in [-0.2, -0.15) is 4.31 Å². The molecule has 1 unspecified atom stereocenters. The Kier molecular flexibility index (Phi) is 7.53. The van der Waals surface area contributed by atoms with Crippen molar-refractivity contribution in [3.05, 3.63) is 53.3 Å². The van der Waals surface area contributed by atoms with Gasteiger partial charge in [-0.15, -0.1) is 0 Å². The zero-order valence-electron chi connectivity index (χ0n) is 17.3. The molecule has 2 aromatic carbocycles. The minimum Gasteiger partial charge on any atom is -0.494 e. The van der Waals surface area contributed by atoms with Gasteiger partial charge in [0.05, 0.1) is 22.6 Å². The number of amides is 1. The number of piperazine rings is 1. The van der Waals surface area contributed by atoms with E-state index >= 15 is 0 Å². The summed E-state index contributed by atoms with van der Waals surface area (Å²) in [6, 6.07) is 10.0. The van der Waals surface area contributed by atoms with Crippen molar-refractivity contribution in [1.82, 2.24) is 9.21 Å². The summed E-state index contributed by atoms with van der Waals surface area (Å²) in [6.07, 6.45) is 0. The van der Waals surface area contributed by atoms with Gasteiger partial charge in [0, 0.05) is 31.9 Å². The van der Waals surface area contributed by atoms with Crippen molar-refractivity contribution in [2.24, 2.45) is 0 Å². The lowest BCUT2D eigenvalue weighted by Gasteiger charge is -2.36. The Morgan fingerprint density at radius 3 is 2.39 bits per heavy atom. The number of carbonyl (C=O) groups excluding carboxylic acids is 1. The summed E-state index contributed by atoms with van der Waals surface area (Å²) in [6.45, 7) is 5.48. The highest BCUT2D eigenvalue weighted by Gasteiger charge is 2.32. The fourth-order valence-electron chi connectivity index (χ4n) is 3.33. The first-order valence-corrected chi connectivity index (χ1v) is 11.8. The van der Waals surface area contributed by atoms with E-state index in [0.29, 0.717) is 25.4 Å². The molecule has 1 saturated heterocycles. The summed E-state index contributed by atoms with van der Waals surface area (Å²) in [5, 5.41) is 2.63. The van der Waals surface area contributed by atoms with E-state index < -0.39 is 21.9 Å². The first kappa shape index (κ1) is 23.5. The molecule has 1 atom stereocenters. The number of sulfonamides is 1. The van der Waals surface area contributed by atoms with Crippen LogP contribution >= 0.6 is 11.6 Å². The number of carbonyl (C=O) groups is 1. The highest BCUT2D eigenvalue weighted by Crippen LogP contribution is 2.24. The number of rotatable bonds is 7. The van der Waals surface area contributed by atoms with Crippen molar-refractivity contribution in [1.29, 1.82) is 0 Å². The first-order chi connectivity index (χ1) is 14.7. The van der Waals surface area contributed by atoms with E-state index in [1.165, 1.54) is 10.4 Å². The second kappa shape index (κ2) is 9.95. The molecule has 0 bridgehead atoms. The van der Waals surface area contributed by atoms with Gasteiger partial charge in [0.2, 0.25) is 15.9 Å². The molecular formula is C21H25ClFN3O4S. The Labute approximate surface area is 186 Å². The summed E-state index contributed by atoms with van der Waals surface area (Å²) >= 11 is 5.73. The van der Waals surface area contributed by atoms with E-state index in [4.69, 9.17) is 16.3 Å². The molecule has 7 nitrogen and oxygen atoms in total. The Morgan fingerprint density at radius 2 is 1.81 bits per heavy atom. The van der Waals surface area contributed by atoms with Crippen LogP contribution in [-0.2, 0) is 14.8 Å². The second-order valence-electron chi connectivity index (χ2n) is 7.14. The molecule has 0 aliphatic carbocycles. The number of hydrogen-bond acceptors (Lipinski definition) is 5. The van der Waals surface area contributed by atoms with Crippen LogP contribution in [0.25, 0.3) is 0 Å². The maximum Gasteiger partial charge on any atom is 0.243 e. The molecule has 0 aromatic heterocycles. The van der Waals surface area contributed by atoms with Crippen LogP contribution in [0.4, 0.5) is 10.1 Å². The fraction of sp³-hybridized carbons (Fsp3) is 0.381. The second-order valence-corrected chi connectivity index (χ2v) is 9.48. The van der Waals surface area contributed by atoms with Gasteiger partial charge >= 0.3 is 0 Å². The van der Waals surface area contributed by atoms with Crippen LogP contribution in [0.3, 0.4) is 0 Å². The molecule has 0 spiro atoms. The monoisotopic (exact) mass is 469 g/mol. The summed E-state index contributed by atoms with van der Waals surface area (Å²) in [5.74, 6) is -0.114. The molecule has 1 N–H and O–H groups in total. The number of benzene rings is 2. The lowest BCUT2D eigenvalue weighted by Crippen LogP contribution is -2.53. The van der Waals surface area contributed by atoms with Gasteiger partial charge in [0.15, 0.2) is 0 Å². The van der Waals surface area contributed by atoms with Crippen LogP contribution in [0.5, 0.6) is 5.75 Å². The van der Waals surface area contributed by atoms with Crippen LogP contribution in [0.15, 0.2) is 47.4 Å². The zero-order valence-corrected chi connectivity index (χ0v) is 18.9. The summed E-state index contributed by atoms with van der Waals surface area (Å²) in [5.41, 5.74) is 0.662. The third-order valence-corrected chi connectivity index (χ3v) is 7.35. The van der Waals surface area contributed by atoms with Gasteiger partial charge in [0.25, 0.3) is 0 Å². The molecule has 1 amide bonds. The minimum absolute atomic E-state index is 0.0476. The van der Waals surface area contributed by atoms with Crippen molar-refractivity contribution >= 4 is 33.2 Å². The standard InChI is InChI=1S/C21H25ClFN3O4S/c1-3-30-17-6-4-16(5-7-17)24-21(27)15(2)25-10-12-26(13-11-25)31(28,29)18-8-9-20(23)19(22)14-18/h4-9,14-15H,3,10-13H2,1-2H3,(H,24,27). The number of ether oxygens (including phenoxy) is 1. The third-order valence-electron chi connectivity index (χ3n) is 5.16. The number of nitrogens with one attached hydrogen (secondary N) is 1. The Bertz CT molecular complexity index is 1030. The van der Waals surface area contributed by atoms with Gasteiger partial charge in [-0.1, -0.05) is 11.6 Å². The van der Waals surface area contributed by atoms with Crippen molar-refractivity contribution in [2.45, 2.75) is 24.8 Å². The fourth-order valence-corrected chi connectivity index (χ4v) is 5.03. The van der Waals surface area contributed by atoms with Crippen LogP contribution < -0.4 is 10.1 Å². The molecular weight excluding hydrogens is 445 g/mol. The predicted octanol–water partition coefficient (Wildman–Crippen LogP) is 3.21. The van der Waals surface area contributed by atoms with Crippen LogP contribution in [0, 0.1) is 5.82 Å². The SMILES string of the molecule is CCOc1ccc(NC(=O)C(C)N2CCN(S(=O)(=O)c3ccc(F)c(Cl)c3)CC2)cc1. The predicted molar refractivity (Wildman–Crippen MR) is 117 cm³/mol. The number of nitrogens with zero attached hydrogens (tertiary/aromatic N) is 2. The molecule has 0 radical (unpaired) electrons. The number of anilines is 1. The highest BCUT2D eigenvalue weighted by atomic mass is 35.5. The maximum atomic E-state index is 13.4. The summed E-state index contributed by atoms with van der Waals surface area (Å²) in [7, 11) is -3.78. The van der Waals surface area contributed by atoms with E-state index in [2.05, 4.69) is 5.32 Å². The summed E-state index contributed by atoms with van der Waals surface area (Å²) < 4.78 is 45.7. The largest absolute Gasteiger partial charge is 0.494 e. The smallest absolute Gasteiger partial charge is 0.243 e. The van der Waals surface area contributed by atoms with Crippen molar-refractivity contribution in [2.75, 3.05) is 38.1 Å². The molecule has 3 rings (SSSR count). The Hall–Kier alpha value is -2.20. The molecule has 2 aromatic rings. The molecule has 0 saturated carbocycles. The number of hydrogen-bond donors (Lipinski definition) is 1. The number of halogens is 2. The Morgan fingerprint density at radius 1 is 1.16 bits per heavy atom. The maximum absolute atomic E-state index is 13.4. The van der Waals surface area contributed by atoms with Crippen molar-refractivity contribution in [3.8, 4) is 5.75 Å². The quantitative estimate of drug-likeness (QED) is 0.673. The van der Waals surface area contributed by atoms with Crippen molar-refractivity contribution in [3.63, 3.8) is 0 Å². The molecule has 31 heavy (non-hydrogen) atoms. The Balaban J connectivity index is 1.57. The van der Waals surface area contributed by atoms with E-state index in [-0.39, 0.29) is 28.9 Å². The van der Waals surface area contributed by atoms with E-state index in [9.17, 15) is 17.6 Å². The lowest BCUT2D eigenvalue weighted by molar-refractivity contribution is -0.121. The first-order valence-electron chi connectivity index (χ1n) is 9.95. The average Bonchev–Trinajstić information content (AvgIpc) is 2.76. The molecule has 1 aliphatic heterocycles. The van der Waals surface area contributed by atoms with Gasteiger partial charge in [0.1, 0.15) is 11.6 Å². The van der Waals surface area contributed by atoms with E-state index in [1.807, 2.05) is 11.8 Å². The topological polar surface area (TPSA) is 79.0 Å². The van der Waals surface area contributed by atoms with Crippen LogP contribution in [0.2, 0.25) is 5.02 Å². The highest BCUT2D eigenvalue weighted by molar-refractivity contribution is 7.89. The van der Waals surface area contributed by atoms with E-state index in [1.54, 1.807) is 31.2 Å². The van der Waals surface area contributed by atoms with Gasteiger partial charge in [-0.05, 0) is 56.3 Å². The van der Waals surface area contributed by atoms with Gasteiger partial charge < -0.3 is 10.1 Å². The average molecular weight is 470 g/mol. The van der Waals surface area contributed by atoms with E-state index in [0.717, 1.165) is 17.9 Å². The van der Waals surface area contributed by atoms with Crippen LogP contribution in [0.1, 0.15) is 13.8 Å². The molecule has 1 aliphatic rings. The normalized spacial score (nSPS) is 16.6. The molecule has 168 valence electrons. The third kappa shape index (κ3) is 5.54. The molecule has 10 heteroatoms. The van der Waals surface area contributed by atoms with Crippen molar-refractivity contribution < 1.29 is 22.3 Å². The summed E-state index contributed by atoms with van der Waals surface area (Å²) in [4.78, 5) is 14.5. The lowest BCUT2D eigenvalue weighted by atomic mass is 10.2. The van der Waals surface area contributed by atoms with Gasteiger partial charge in [-0.25, -0.2) is 12.8 Å². The molecule has 1 heterocycles.